The number of terminal acetylenes is 4. The van der Waals surface area contributed by atoms with Crippen LogP contribution >= 0.6 is 11.6 Å². The standard InChI is InChI=1S/C16H14O.C12H11F3O.C11H11ClO.C11H10F2O/c1-2-13-16(17,14-9-5-3-6-10-14)15-11-7-4-8-12-15;1-3-4-11(16)9-5-8(2)6-10(7-9)12(13,14)15;1-3-8-11(2,13)9-4-6-10(12)7-5-9;1-3-6-11(2,14)9-5-4-8(12)7-10(9)13/h1,3-12,17H,13H2;1,5-7,11,16H,4H2,2H3;1,4-7,13H,8H2,2H3;1,4-5,7,14H,6H2,2H3. The largest absolute Gasteiger partial charge is 0.416 e. The summed E-state index contributed by atoms with van der Waals surface area (Å²) in [4.78, 5) is 0. The molecule has 0 fully saturated rings. The van der Waals surface area contributed by atoms with E-state index >= 15 is 0 Å². The zero-order valence-electron chi connectivity index (χ0n) is 33.3. The van der Waals surface area contributed by atoms with Crippen molar-refractivity contribution in [1.82, 2.24) is 0 Å². The minimum Gasteiger partial charge on any atom is -0.387 e. The number of benzene rings is 5. The quantitative estimate of drug-likeness (QED) is 0.0880. The van der Waals surface area contributed by atoms with Crippen molar-refractivity contribution < 1.29 is 42.4 Å². The third-order valence-corrected chi connectivity index (χ3v) is 9.11. The van der Waals surface area contributed by atoms with Gasteiger partial charge >= 0.3 is 6.18 Å². The van der Waals surface area contributed by atoms with Gasteiger partial charge in [-0.15, -0.1) is 49.4 Å². The minimum atomic E-state index is -4.41. The summed E-state index contributed by atoms with van der Waals surface area (Å²) in [6, 6.07) is 32.5. The Bertz CT molecular complexity index is 2240. The fraction of sp³-hybridized carbons (Fsp3) is 0.240. The van der Waals surface area contributed by atoms with Crippen molar-refractivity contribution in [2.75, 3.05) is 0 Å². The number of hydrogen-bond donors (Lipinski definition) is 4. The Labute approximate surface area is 354 Å². The smallest absolute Gasteiger partial charge is 0.387 e. The fourth-order valence-corrected chi connectivity index (χ4v) is 5.80. The van der Waals surface area contributed by atoms with E-state index < -0.39 is 46.3 Å². The van der Waals surface area contributed by atoms with Crippen LogP contribution in [0.25, 0.3) is 0 Å². The van der Waals surface area contributed by atoms with Gasteiger partial charge in [-0.1, -0.05) is 102 Å². The van der Waals surface area contributed by atoms with Crippen molar-refractivity contribution in [3.63, 3.8) is 0 Å². The third kappa shape index (κ3) is 15.4. The first kappa shape index (κ1) is 50.3. The van der Waals surface area contributed by atoms with E-state index in [1.807, 2.05) is 60.7 Å². The molecule has 0 saturated carbocycles. The minimum absolute atomic E-state index is 0.000745. The molecule has 5 aromatic rings. The second-order valence-electron chi connectivity index (χ2n) is 14.0. The first-order chi connectivity index (χ1) is 28.1. The van der Waals surface area contributed by atoms with Gasteiger partial charge in [0.2, 0.25) is 0 Å². The molecule has 5 aromatic carbocycles. The van der Waals surface area contributed by atoms with Crippen molar-refractivity contribution in [3.8, 4) is 49.4 Å². The average molecular weight is 841 g/mol. The number of rotatable bonds is 9. The van der Waals surface area contributed by atoms with Gasteiger partial charge in [0.1, 0.15) is 22.8 Å². The van der Waals surface area contributed by atoms with E-state index in [4.69, 9.17) is 37.3 Å². The summed E-state index contributed by atoms with van der Waals surface area (Å²) in [5, 5.41) is 40.6. The van der Waals surface area contributed by atoms with E-state index in [9.17, 15) is 42.4 Å². The van der Waals surface area contributed by atoms with E-state index in [0.29, 0.717) is 17.0 Å². The molecule has 312 valence electrons. The maximum Gasteiger partial charge on any atom is 0.416 e. The second-order valence-corrected chi connectivity index (χ2v) is 14.4. The number of alkyl halides is 3. The number of halogens is 6. The highest BCUT2D eigenvalue weighted by molar-refractivity contribution is 6.30. The molecule has 0 heterocycles. The average Bonchev–Trinajstić information content (AvgIpc) is 3.19. The van der Waals surface area contributed by atoms with Gasteiger partial charge in [0, 0.05) is 42.3 Å². The molecule has 60 heavy (non-hydrogen) atoms. The Morgan fingerprint density at radius 1 is 0.600 bits per heavy atom. The lowest BCUT2D eigenvalue weighted by molar-refractivity contribution is -0.137. The van der Waals surface area contributed by atoms with Gasteiger partial charge in [-0.25, -0.2) is 8.78 Å². The lowest BCUT2D eigenvalue weighted by Gasteiger charge is -2.27. The van der Waals surface area contributed by atoms with Gasteiger partial charge in [0.05, 0.1) is 17.3 Å². The van der Waals surface area contributed by atoms with Crippen LogP contribution in [0.2, 0.25) is 5.02 Å². The van der Waals surface area contributed by atoms with E-state index in [0.717, 1.165) is 41.0 Å². The van der Waals surface area contributed by atoms with E-state index in [2.05, 4.69) is 23.7 Å². The molecule has 0 saturated heterocycles. The normalized spacial score (nSPS) is 13.2. The molecule has 3 atom stereocenters. The monoisotopic (exact) mass is 840 g/mol. The molecule has 5 rings (SSSR count). The molecule has 4 nitrogen and oxygen atoms in total. The Morgan fingerprint density at radius 3 is 1.55 bits per heavy atom. The van der Waals surface area contributed by atoms with Crippen LogP contribution in [0.15, 0.2) is 121 Å². The number of aliphatic hydroxyl groups excluding tert-OH is 1. The van der Waals surface area contributed by atoms with Gasteiger partial charge in [0.15, 0.2) is 0 Å². The highest BCUT2D eigenvalue weighted by Crippen LogP contribution is 2.34. The van der Waals surface area contributed by atoms with Gasteiger partial charge in [-0.3, -0.25) is 0 Å². The summed E-state index contributed by atoms with van der Waals surface area (Å²) < 4.78 is 63.2. The van der Waals surface area contributed by atoms with Crippen LogP contribution in [0.3, 0.4) is 0 Å². The lowest BCUT2D eigenvalue weighted by Crippen LogP contribution is -2.26. The van der Waals surface area contributed by atoms with E-state index in [-0.39, 0.29) is 30.4 Å². The molecule has 0 spiro atoms. The Kier molecular flexibility index (Phi) is 19.3. The SMILES string of the molecule is C#CCC(C)(O)c1ccc(Cl)cc1.C#CCC(C)(O)c1ccc(F)cc1F.C#CCC(O)(c1ccccc1)c1ccccc1.C#CCC(O)c1cc(C)cc(C(F)(F)F)c1. The van der Waals surface area contributed by atoms with Crippen molar-refractivity contribution >= 4 is 11.6 Å². The first-order valence-corrected chi connectivity index (χ1v) is 18.6. The number of hydrogen-bond acceptors (Lipinski definition) is 4. The molecule has 0 aliphatic rings. The van der Waals surface area contributed by atoms with Crippen molar-refractivity contribution in [3.05, 3.63) is 177 Å². The topological polar surface area (TPSA) is 80.9 Å². The van der Waals surface area contributed by atoms with Gasteiger partial charge in [-0.05, 0) is 73.4 Å². The van der Waals surface area contributed by atoms with E-state index in [1.165, 1.54) is 19.1 Å². The molecule has 3 unspecified atom stereocenters. The zero-order valence-corrected chi connectivity index (χ0v) is 34.1. The molecule has 10 heteroatoms. The van der Waals surface area contributed by atoms with Crippen LogP contribution in [0.5, 0.6) is 0 Å². The van der Waals surface area contributed by atoms with Gasteiger partial charge in [0.25, 0.3) is 0 Å². The molecule has 0 radical (unpaired) electrons. The Morgan fingerprint density at radius 2 is 1.10 bits per heavy atom. The van der Waals surface area contributed by atoms with Crippen molar-refractivity contribution in [2.45, 2.75) is 75.5 Å². The van der Waals surface area contributed by atoms with E-state index in [1.54, 1.807) is 38.1 Å². The summed E-state index contributed by atoms with van der Waals surface area (Å²) in [6.07, 6.45) is 15.6. The summed E-state index contributed by atoms with van der Waals surface area (Å²) >= 11 is 5.72. The first-order valence-electron chi connectivity index (χ1n) is 18.3. The molecule has 0 aliphatic carbocycles. The molecule has 0 aromatic heterocycles. The van der Waals surface area contributed by atoms with Crippen LogP contribution in [0, 0.1) is 67.9 Å². The number of aryl methyl sites for hydroxylation is 1. The summed E-state index contributed by atoms with van der Waals surface area (Å²) in [6.45, 7) is 4.63. The second kappa shape index (κ2) is 23.1. The van der Waals surface area contributed by atoms with Crippen molar-refractivity contribution in [2.24, 2.45) is 0 Å². The van der Waals surface area contributed by atoms with Crippen LogP contribution in [0.4, 0.5) is 22.0 Å². The lowest BCUT2D eigenvalue weighted by atomic mass is 9.84. The summed E-state index contributed by atoms with van der Waals surface area (Å²) in [7, 11) is 0. The highest BCUT2D eigenvalue weighted by Gasteiger charge is 2.32. The van der Waals surface area contributed by atoms with Crippen LogP contribution in [-0.4, -0.2) is 20.4 Å². The third-order valence-electron chi connectivity index (χ3n) is 8.85. The predicted octanol–water partition coefficient (Wildman–Crippen LogP) is 10.8. The number of aliphatic hydroxyl groups is 4. The highest BCUT2D eigenvalue weighted by atomic mass is 35.5. The zero-order chi connectivity index (χ0) is 45.1. The molecule has 4 N–H and O–H groups in total. The maximum absolute atomic E-state index is 13.2. The Balaban J connectivity index is 0.000000277. The van der Waals surface area contributed by atoms with Gasteiger partial charge < -0.3 is 20.4 Å². The maximum atomic E-state index is 13.2. The molecule has 0 bridgehead atoms. The summed E-state index contributed by atoms with van der Waals surface area (Å²) in [5.41, 5.74) is -1.19. The van der Waals surface area contributed by atoms with Crippen LogP contribution in [-0.2, 0) is 23.0 Å². The molecular formula is C50H46ClF5O4. The van der Waals surface area contributed by atoms with Gasteiger partial charge in [-0.2, -0.15) is 13.2 Å². The molecule has 0 aliphatic heterocycles. The summed E-state index contributed by atoms with van der Waals surface area (Å²) in [5.74, 6) is 7.98. The van der Waals surface area contributed by atoms with Crippen LogP contribution in [0.1, 0.15) is 84.6 Å². The molecular weight excluding hydrogens is 795 g/mol. The Hall–Kier alpha value is -5.88. The predicted molar refractivity (Wildman–Crippen MR) is 228 cm³/mol. The molecule has 0 amide bonds. The van der Waals surface area contributed by atoms with Crippen LogP contribution < -0.4 is 0 Å². The fourth-order valence-electron chi connectivity index (χ4n) is 5.67. The van der Waals surface area contributed by atoms with Crippen molar-refractivity contribution in [1.29, 1.82) is 0 Å².